The van der Waals surface area contributed by atoms with Gasteiger partial charge in [0.05, 0.1) is 26.9 Å². The summed E-state index contributed by atoms with van der Waals surface area (Å²) in [6, 6.07) is 12.2. The number of amides is 1. The number of hydrogen-bond donors (Lipinski definition) is 1. The molecule has 28 heavy (non-hydrogen) atoms. The van der Waals surface area contributed by atoms with Crippen molar-refractivity contribution in [2.75, 3.05) is 21.3 Å². The number of nitrogens with one attached hydrogen (secondary N) is 1. The first-order valence-corrected chi connectivity index (χ1v) is 8.72. The number of imidazole rings is 1. The van der Waals surface area contributed by atoms with Gasteiger partial charge in [-0.25, -0.2) is 4.98 Å². The third-order valence-electron chi connectivity index (χ3n) is 4.47. The van der Waals surface area contributed by atoms with E-state index in [0.29, 0.717) is 28.6 Å². The number of ether oxygens (including phenoxy) is 3. The lowest BCUT2D eigenvalue weighted by molar-refractivity contribution is 0.0937. The normalized spacial score (nSPS) is 11.6. The third-order valence-corrected chi connectivity index (χ3v) is 4.47. The van der Waals surface area contributed by atoms with E-state index in [0.717, 1.165) is 5.56 Å². The van der Waals surface area contributed by atoms with Crippen molar-refractivity contribution < 1.29 is 19.0 Å². The first kappa shape index (κ1) is 19.3. The monoisotopic (exact) mass is 381 g/mol. The number of nitrogens with zero attached hydrogens (tertiary/aromatic N) is 2. The molecule has 0 fully saturated rings. The maximum absolute atomic E-state index is 13.1. The highest BCUT2D eigenvalue weighted by Crippen LogP contribution is 2.32. The predicted octanol–water partition coefficient (Wildman–Crippen LogP) is 2.97. The zero-order chi connectivity index (χ0) is 20.1. The summed E-state index contributed by atoms with van der Waals surface area (Å²) in [5.74, 6) is 1.97. The lowest BCUT2D eigenvalue weighted by Gasteiger charge is -2.21. The van der Waals surface area contributed by atoms with E-state index >= 15 is 0 Å². The van der Waals surface area contributed by atoms with Crippen LogP contribution in [0, 0.1) is 0 Å². The first-order chi connectivity index (χ1) is 13.6. The van der Waals surface area contributed by atoms with Crippen molar-refractivity contribution in [1.82, 2.24) is 14.9 Å². The zero-order valence-electron chi connectivity index (χ0n) is 16.3. The van der Waals surface area contributed by atoms with E-state index in [9.17, 15) is 4.79 Å². The Morgan fingerprint density at radius 2 is 1.86 bits per heavy atom. The SMILES string of the molecule is COc1cccc(C(NC(=O)c2cccc(OC)c2OC)c2nccn2C)c1. The van der Waals surface area contributed by atoms with Gasteiger partial charge in [-0.2, -0.15) is 0 Å². The number of benzene rings is 2. The van der Waals surface area contributed by atoms with Crippen molar-refractivity contribution in [2.24, 2.45) is 7.05 Å². The molecule has 1 amide bonds. The maximum atomic E-state index is 13.1. The second kappa shape index (κ2) is 8.47. The third kappa shape index (κ3) is 3.78. The minimum atomic E-state index is -0.474. The van der Waals surface area contributed by atoms with Crippen molar-refractivity contribution in [3.8, 4) is 17.2 Å². The Morgan fingerprint density at radius 3 is 2.50 bits per heavy atom. The molecule has 0 aliphatic carbocycles. The number of aromatic nitrogens is 2. The molecule has 3 aromatic rings. The molecule has 0 saturated carbocycles. The fraction of sp³-hybridized carbons (Fsp3) is 0.238. The summed E-state index contributed by atoms with van der Waals surface area (Å²) in [6.45, 7) is 0. The fourth-order valence-electron chi connectivity index (χ4n) is 3.05. The van der Waals surface area contributed by atoms with E-state index in [1.54, 1.807) is 31.5 Å². The van der Waals surface area contributed by atoms with Crippen LogP contribution in [-0.4, -0.2) is 36.8 Å². The van der Waals surface area contributed by atoms with Crippen LogP contribution >= 0.6 is 0 Å². The molecule has 7 heteroatoms. The zero-order valence-corrected chi connectivity index (χ0v) is 16.3. The number of rotatable bonds is 7. The molecule has 1 unspecified atom stereocenters. The van der Waals surface area contributed by atoms with Crippen LogP contribution in [0.15, 0.2) is 54.9 Å². The molecule has 0 aliphatic heterocycles. The molecule has 1 atom stereocenters. The second-order valence-electron chi connectivity index (χ2n) is 6.12. The Labute approximate surface area is 163 Å². The molecule has 0 bridgehead atoms. The van der Waals surface area contributed by atoms with Crippen LogP contribution in [0.4, 0.5) is 0 Å². The van der Waals surface area contributed by atoms with Gasteiger partial charge in [-0.3, -0.25) is 4.79 Å². The van der Waals surface area contributed by atoms with E-state index in [-0.39, 0.29) is 5.91 Å². The summed E-state index contributed by atoms with van der Waals surface area (Å²) in [7, 11) is 6.53. The quantitative estimate of drug-likeness (QED) is 0.681. The van der Waals surface area contributed by atoms with Gasteiger partial charge in [-0.15, -0.1) is 0 Å². The van der Waals surface area contributed by atoms with Crippen LogP contribution in [0.3, 0.4) is 0 Å². The van der Waals surface area contributed by atoms with Crippen molar-refractivity contribution in [2.45, 2.75) is 6.04 Å². The standard InChI is InChI=1S/C21H23N3O4/c1-24-12-11-22-20(24)18(14-7-5-8-15(13-14)26-2)23-21(25)16-9-6-10-17(27-3)19(16)28-4/h5-13,18H,1-4H3,(H,23,25). The van der Waals surface area contributed by atoms with E-state index in [4.69, 9.17) is 14.2 Å². The van der Waals surface area contributed by atoms with Gasteiger partial charge in [0.2, 0.25) is 0 Å². The summed E-state index contributed by atoms with van der Waals surface area (Å²) >= 11 is 0. The van der Waals surface area contributed by atoms with Crippen LogP contribution in [0.25, 0.3) is 0 Å². The minimum Gasteiger partial charge on any atom is -0.497 e. The van der Waals surface area contributed by atoms with E-state index in [1.165, 1.54) is 14.2 Å². The predicted molar refractivity (Wildman–Crippen MR) is 105 cm³/mol. The molecule has 146 valence electrons. The highest BCUT2D eigenvalue weighted by Gasteiger charge is 2.24. The smallest absolute Gasteiger partial charge is 0.256 e. The van der Waals surface area contributed by atoms with Gasteiger partial charge in [0.15, 0.2) is 11.5 Å². The number of carbonyl (C=O) groups excluding carboxylic acids is 1. The molecule has 7 nitrogen and oxygen atoms in total. The van der Waals surface area contributed by atoms with Crippen molar-refractivity contribution in [1.29, 1.82) is 0 Å². The molecule has 1 heterocycles. The Bertz CT molecular complexity index is 968. The fourth-order valence-corrected chi connectivity index (χ4v) is 3.05. The largest absolute Gasteiger partial charge is 0.497 e. The summed E-state index contributed by atoms with van der Waals surface area (Å²) in [6.07, 6.45) is 3.53. The van der Waals surface area contributed by atoms with Crippen LogP contribution in [-0.2, 0) is 7.05 Å². The Balaban J connectivity index is 2.01. The average molecular weight is 381 g/mol. The minimum absolute atomic E-state index is 0.299. The van der Waals surface area contributed by atoms with Crippen LogP contribution in [0.5, 0.6) is 17.2 Å². The van der Waals surface area contributed by atoms with E-state index in [1.807, 2.05) is 42.1 Å². The summed E-state index contributed by atoms with van der Waals surface area (Å²) in [4.78, 5) is 17.5. The number of aryl methyl sites for hydroxylation is 1. The van der Waals surface area contributed by atoms with Crippen LogP contribution in [0.2, 0.25) is 0 Å². The van der Waals surface area contributed by atoms with Gasteiger partial charge in [0, 0.05) is 19.4 Å². The second-order valence-corrected chi connectivity index (χ2v) is 6.12. The first-order valence-electron chi connectivity index (χ1n) is 8.72. The van der Waals surface area contributed by atoms with Gasteiger partial charge >= 0.3 is 0 Å². The number of hydrogen-bond acceptors (Lipinski definition) is 5. The van der Waals surface area contributed by atoms with Crippen molar-refractivity contribution in [3.05, 3.63) is 71.8 Å². The van der Waals surface area contributed by atoms with E-state index < -0.39 is 6.04 Å². The molecule has 0 radical (unpaired) electrons. The van der Waals surface area contributed by atoms with Crippen molar-refractivity contribution >= 4 is 5.91 Å². The molecular formula is C21H23N3O4. The Morgan fingerprint density at radius 1 is 1.07 bits per heavy atom. The average Bonchev–Trinajstić information content (AvgIpc) is 3.16. The highest BCUT2D eigenvalue weighted by atomic mass is 16.5. The highest BCUT2D eigenvalue weighted by molar-refractivity contribution is 5.98. The van der Waals surface area contributed by atoms with Gasteiger partial charge in [-0.05, 0) is 29.8 Å². The molecule has 2 aromatic carbocycles. The maximum Gasteiger partial charge on any atom is 0.256 e. The van der Waals surface area contributed by atoms with Gasteiger partial charge < -0.3 is 24.1 Å². The molecule has 1 N–H and O–H groups in total. The lowest BCUT2D eigenvalue weighted by Crippen LogP contribution is -2.31. The van der Waals surface area contributed by atoms with E-state index in [2.05, 4.69) is 10.3 Å². The summed E-state index contributed by atoms with van der Waals surface area (Å²) < 4.78 is 17.9. The number of carbonyl (C=O) groups is 1. The lowest BCUT2D eigenvalue weighted by atomic mass is 10.0. The molecule has 3 rings (SSSR count). The van der Waals surface area contributed by atoms with Crippen LogP contribution in [0.1, 0.15) is 27.8 Å². The van der Waals surface area contributed by atoms with Crippen molar-refractivity contribution in [3.63, 3.8) is 0 Å². The molecule has 0 spiro atoms. The van der Waals surface area contributed by atoms with Gasteiger partial charge in [0.25, 0.3) is 5.91 Å². The topological polar surface area (TPSA) is 74.6 Å². The summed E-state index contributed by atoms with van der Waals surface area (Å²) in [5, 5.41) is 3.06. The number of para-hydroxylation sites is 1. The molecular weight excluding hydrogens is 358 g/mol. The van der Waals surface area contributed by atoms with Gasteiger partial charge in [-0.1, -0.05) is 18.2 Å². The Kier molecular flexibility index (Phi) is 5.84. The van der Waals surface area contributed by atoms with Gasteiger partial charge in [0.1, 0.15) is 17.6 Å². The van der Waals surface area contributed by atoms with Crippen LogP contribution < -0.4 is 19.5 Å². The molecule has 0 saturated heterocycles. The Hall–Kier alpha value is -3.48. The number of methoxy groups -OCH3 is 3. The summed E-state index contributed by atoms with van der Waals surface area (Å²) in [5.41, 5.74) is 1.23. The molecule has 0 aliphatic rings. The molecule has 1 aromatic heterocycles.